The van der Waals surface area contributed by atoms with Gasteiger partial charge in [-0.05, 0) is 18.3 Å². The van der Waals surface area contributed by atoms with Crippen LogP contribution in [0.4, 0.5) is 0 Å². The Morgan fingerprint density at radius 2 is 2.55 bits per heavy atom. The van der Waals surface area contributed by atoms with E-state index in [2.05, 4.69) is 12.8 Å². The summed E-state index contributed by atoms with van der Waals surface area (Å²) in [5.41, 5.74) is 0. The molecule has 2 nitrogen and oxygen atoms in total. The van der Waals surface area contributed by atoms with E-state index in [0.29, 0.717) is 5.92 Å². The molecule has 11 heavy (non-hydrogen) atoms. The van der Waals surface area contributed by atoms with E-state index in [1.165, 1.54) is 0 Å². The van der Waals surface area contributed by atoms with Crippen LogP contribution in [-0.2, 0) is 4.79 Å². The second kappa shape index (κ2) is 3.43. The molecular formula is C9H13NO. The van der Waals surface area contributed by atoms with E-state index < -0.39 is 0 Å². The second-order valence-corrected chi connectivity index (χ2v) is 2.96. The van der Waals surface area contributed by atoms with Crippen molar-refractivity contribution in [1.29, 1.82) is 0 Å². The van der Waals surface area contributed by atoms with E-state index in [1.54, 1.807) is 4.90 Å². The van der Waals surface area contributed by atoms with Crippen molar-refractivity contribution in [2.75, 3.05) is 13.1 Å². The molecule has 1 atom stereocenters. The number of carbonyl (C=O) groups is 1. The third-order valence-electron chi connectivity index (χ3n) is 2.27. The zero-order valence-electron chi connectivity index (χ0n) is 6.84. The van der Waals surface area contributed by atoms with Crippen molar-refractivity contribution in [3.05, 3.63) is 0 Å². The van der Waals surface area contributed by atoms with Crippen LogP contribution in [0.5, 0.6) is 0 Å². The van der Waals surface area contributed by atoms with Crippen molar-refractivity contribution < 1.29 is 4.79 Å². The highest BCUT2D eigenvalue weighted by atomic mass is 16.2. The summed E-state index contributed by atoms with van der Waals surface area (Å²) in [6.45, 7) is 3.86. The molecular weight excluding hydrogens is 138 g/mol. The van der Waals surface area contributed by atoms with E-state index in [9.17, 15) is 4.79 Å². The van der Waals surface area contributed by atoms with Gasteiger partial charge in [-0.2, -0.15) is 0 Å². The van der Waals surface area contributed by atoms with E-state index in [-0.39, 0.29) is 5.91 Å². The molecule has 0 unspecified atom stereocenters. The van der Waals surface area contributed by atoms with Crippen molar-refractivity contribution in [3.63, 3.8) is 0 Å². The van der Waals surface area contributed by atoms with Crippen LogP contribution in [-0.4, -0.2) is 23.9 Å². The lowest BCUT2D eigenvalue weighted by atomic mass is 10.1. The average molecular weight is 151 g/mol. The number of hydrogen-bond donors (Lipinski definition) is 0. The van der Waals surface area contributed by atoms with Crippen molar-refractivity contribution in [2.24, 2.45) is 5.92 Å². The lowest BCUT2D eigenvalue weighted by Crippen LogP contribution is -2.26. The van der Waals surface area contributed by atoms with Crippen LogP contribution >= 0.6 is 0 Å². The third-order valence-corrected chi connectivity index (χ3v) is 2.27. The Bertz CT molecular complexity index is 192. The lowest BCUT2D eigenvalue weighted by Gasteiger charge is -2.11. The highest BCUT2D eigenvalue weighted by molar-refractivity contribution is 5.93. The first-order valence-corrected chi connectivity index (χ1v) is 4.03. The Balaban J connectivity index is 2.43. The number of hydrogen-bond acceptors (Lipinski definition) is 1. The Labute approximate surface area is 67.6 Å². The molecule has 1 fully saturated rings. The monoisotopic (exact) mass is 151 g/mol. The molecule has 60 valence electrons. The van der Waals surface area contributed by atoms with Gasteiger partial charge in [-0.15, -0.1) is 6.42 Å². The summed E-state index contributed by atoms with van der Waals surface area (Å²) in [5.74, 6) is 2.66. The number of carbonyl (C=O) groups excluding carboxylic acids is 1. The van der Waals surface area contributed by atoms with E-state index in [1.807, 2.05) is 0 Å². The molecule has 1 saturated heterocycles. The Hall–Kier alpha value is -0.970. The fourth-order valence-corrected chi connectivity index (χ4v) is 1.44. The molecule has 1 aliphatic rings. The van der Waals surface area contributed by atoms with Crippen molar-refractivity contribution in [2.45, 2.75) is 19.8 Å². The van der Waals surface area contributed by atoms with Gasteiger partial charge in [0.25, 0.3) is 5.91 Å². The molecule has 0 aromatic heterocycles. The maximum absolute atomic E-state index is 11.0. The molecule has 0 aromatic rings. The van der Waals surface area contributed by atoms with Crippen LogP contribution in [0.25, 0.3) is 0 Å². The van der Waals surface area contributed by atoms with Crippen LogP contribution in [0.15, 0.2) is 0 Å². The molecule has 0 radical (unpaired) electrons. The summed E-state index contributed by atoms with van der Waals surface area (Å²) >= 11 is 0. The average Bonchev–Trinajstić information content (AvgIpc) is 2.50. The summed E-state index contributed by atoms with van der Waals surface area (Å²) in [4.78, 5) is 12.7. The number of nitrogens with zero attached hydrogens (tertiary/aromatic N) is 1. The summed E-state index contributed by atoms with van der Waals surface area (Å²) < 4.78 is 0. The molecule has 0 aromatic carbocycles. The van der Waals surface area contributed by atoms with Gasteiger partial charge in [0.15, 0.2) is 0 Å². The summed E-state index contributed by atoms with van der Waals surface area (Å²) in [5, 5.41) is 0. The minimum Gasteiger partial charge on any atom is -0.332 e. The van der Waals surface area contributed by atoms with Crippen LogP contribution in [0.3, 0.4) is 0 Å². The van der Waals surface area contributed by atoms with Crippen molar-refractivity contribution in [1.82, 2.24) is 4.90 Å². The molecule has 0 saturated carbocycles. The molecule has 0 N–H and O–H groups in total. The highest BCUT2D eigenvalue weighted by Gasteiger charge is 2.23. The molecule has 1 aliphatic heterocycles. The van der Waals surface area contributed by atoms with Crippen molar-refractivity contribution in [3.8, 4) is 12.3 Å². The van der Waals surface area contributed by atoms with Crippen LogP contribution in [0, 0.1) is 18.3 Å². The summed E-state index contributed by atoms with van der Waals surface area (Å²) in [6, 6.07) is 0. The quantitative estimate of drug-likeness (QED) is 0.509. The normalized spacial score (nSPS) is 23.3. The predicted molar refractivity (Wildman–Crippen MR) is 43.8 cm³/mol. The van der Waals surface area contributed by atoms with Crippen LogP contribution in [0.1, 0.15) is 19.8 Å². The van der Waals surface area contributed by atoms with Gasteiger partial charge >= 0.3 is 0 Å². The molecule has 2 heteroatoms. The highest BCUT2D eigenvalue weighted by Crippen LogP contribution is 2.18. The number of rotatable bonds is 1. The Kier molecular flexibility index (Phi) is 2.53. The Morgan fingerprint density at radius 1 is 1.82 bits per heavy atom. The van der Waals surface area contributed by atoms with Gasteiger partial charge in [0.2, 0.25) is 0 Å². The van der Waals surface area contributed by atoms with Gasteiger partial charge in [-0.1, -0.05) is 13.3 Å². The van der Waals surface area contributed by atoms with Gasteiger partial charge in [0.1, 0.15) is 0 Å². The summed E-state index contributed by atoms with van der Waals surface area (Å²) in [7, 11) is 0. The van der Waals surface area contributed by atoms with Gasteiger partial charge in [-0.25, -0.2) is 0 Å². The zero-order chi connectivity index (χ0) is 8.27. The number of amides is 1. The summed E-state index contributed by atoms with van der Waals surface area (Å²) in [6.07, 6.45) is 7.26. The molecule has 0 aliphatic carbocycles. The molecule has 1 heterocycles. The molecule has 1 amide bonds. The van der Waals surface area contributed by atoms with Crippen LogP contribution < -0.4 is 0 Å². The molecule has 0 spiro atoms. The lowest BCUT2D eigenvalue weighted by molar-refractivity contribution is -0.124. The van der Waals surface area contributed by atoms with E-state index in [0.717, 1.165) is 25.9 Å². The SMILES string of the molecule is C#CC(=O)N1CC[C@@H](CC)C1. The standard InChI is InChI=1S/C9H13NO/c1-3-8-5-6-10(7-8)9(11)4-2/h2,8H,3,5-7H2,1H3/t8-/m1/s1. The van der Waals surface area contributed by atoms with Gasteiger partial charge in [0, 0.05) is 13.1 Å². The van der Waals surface area contributed by atoms with Crippen molar-refractivity contribution >= 4 is 5.91 Å². The fourth-order valence-electron chi connectivity index (χ4n) is 1.44. The maximum atomic E-state index is 11.0. The smallest absolute Gasteiger partial charge is 0.298 e. The fraction of sp³-hybridized carbons (Fsp3) is 0.667. The van der Waals surface area contributed by atoms with E-state index >= 15 is 0 Å². The van der Waals surface area contributed by atoms with Gasteiger partial charge in [0.05, 0.1) is 0 Å². The van der Waals surface area contributed by atoms with Gasteiger partial charge < -0.3 is 4.90 Å². The number of likely N-dealkylation sites (tertiary alicyclic amines) is 1. The second-order valence-electron chi connectivity index (χ2n) is 2.96. The topological polar surface area (TPSA) is 20.3 Å². The van der Waals surface area contributed by atoms with Gasteiger partial charge in [-0.3, -0.25) is 4.79 Å². The van der Waals surface area contributed by atoms with Crippen LogP contribution in [0.2, 0.25) is 0 Å². The number of terminal acetylenes is 1. The predicted octanol–water partition coefficient (Wildman–Crippen LogP) is 0.878. The first-order valence-electron chi connectivity index (χ1n) is 4.03. The van der Waals surface area contributed by atoms with E-state index in [4.69, 9.17) is 6.42 Å². The molecule has 0 bridgehead atoms. The minimum absolute atomic E-state index is 0.152. The Morgan fingerprint density at radius 3 is 3.00 bits per heavy atom. The first-order chi connectivity index (χ1) is 5.27. The largest absolute Gasteiger partial charge is 0.332 e. The first kappa shape index (κ1) is 8.13. The maximum Gasteiger partial charge on any atom is 0.298 e. The minimum atomic E-state index is -0.152. The third kappa shape index (κ3) is 1.74. The molecule has 1 rings (SSSR count). The zero-order valence-corrected chi connectivity index (χ0v) is 6.84.